The van der Waals surface area contributed by atoms with Crippen molar-refractivity contribution in [2.75, 3.05) is 33.4 Å². The molecule has 21 heavy (non-hydrogen) atoms. The van der Waals surface area contributed by atoms with Crippen molar-refractivity contribution in [3.05, 3.63) is 21.4 Å². The van der Waals surface area contributed by atoms with Crippen molar-refractivity contribution in [3.8, 4) is 11.8 Å². The van der Waals surface area contributed by atoms with Gasteiger partial charge >= 0.3 is 0 Å². The monoisotopic (exact) mass is 307 g/mol. The zero-order chi connectivity index (χ0) is 15.2. The highest BCUT2D eigenvalue weighted by Gasteiger charge is 2.21. The second kappa shape index (κ2) is 7.60. The van der Waals surface area contributed by atoms with E-state index in [1.54, 1.807) is 11.9 Å². The van der Waals surface area contributed by atoms with Gasteiger partial charge in [-0.25, -0.2) is 0 Å². The molecule has 0 unspecified atom stereocenters. The van der Waals surface area contributed by atoms with Crippen molar-refractivity contribution in [1.82, 2.24) is 4.90 Å². The van der Waals surface area contributed by atoms with Gasteiger partial charge in [0.05, 0.1) is 16.4 Å². The molecule has 0 saturated heterocycles. The Morgan fingerprint density at radius 3 is 3.00 bits per heavy atom. The quantitative estimate of drug-likeness (QED) is 0.645. The maximum Gasteiger partial charge on any atom is 0.263 e. The maximum atomic E-state index is 12.3. The van der Waals surface area contributed by atoms with Gasteiger partial charge in [0, 0.05) is 20.2 Å². The third-order valence-corrected chi connectivity index (χ3v) is 4.52. The summed E-state index contributed by atoms with van der Waals surface area (Å²) in [5.74, 6) is 6.23. The number of aryl methyl sites for hydroxylation is 1. The molecule has 0 radical (unpaired) electrons. The molecule has 1 heterocycles. The van der Waals surface area contributed by atoms with E-state index < -0.39 is 0 Å². The standard InChI is InChI=1S/C16H21NO3S/c1-12-10-15(21-14(12)4-3-8-18)16(19)17(2)7-9-20-11-13-5-6-13/h10,13,18H,5-9,11H2,1-2H3. The van der Waals surface area contributed by atoms with Crippen LogP contribution in [0.3, 0.4) is 0 Å². The lowest BCUT2D eigenvalue weighted by molar-refractivity contribution is 0.0685. The Morgan fingerprint density at radius 2 is 2.33 bits per heavy atom. The highest BCUT2D eigenvalue weighted by Crippen LogP contribution is 2.28. The third-order valence-electron chi connectivity index (χ3n) is 3.38. The number of amides is 1. The first kappa shape index (κ1) is 16.0. The topological polar surface area (TPSA) is 49.8 Å². The van der Waals surface area contributed by atoms with Crippen LogP contribution < -0.4 is 0 Å². The Hall–Kier alpha value is -1.35. The molecule has 1 aliphatic rings. The van der Waals surface area contributed by atoms with Gasteiger partial charge in [-0.15, -0.1) is 11.3 Å². The van der Waals surface area contributed by atoms with Crippen molar-refractivity contribution in [1.29, 1.82) is 0 Å². The molecule has 2 rings (SSSR count). The summed E-state index contributed by atoms with van der Waals surface area (Å²) >= 11 is 1.37. The smallest absolute Gasteiger partial charge is 0.263 e. The second-order valence-electron chi connectivity index (χ2n) is 5.33. The number of rotatable bonds is 6. The fraction of sp³-hybridized carbons (Fsp3) is 0.562. The predicted molar refractivity (Wildman–Crippen MR) is 83.5 cm³/mol. The van der Waals surface area contributed by atoms with Gasteiger partial charge in [0.15, 0.2) is 0 Å². The minimum atomic E-state index is -0.168. The largest absolute Gasteiger partial charge is 0.384 e. The number of hydrogen-bond acceptors (Lipinski definition) is 4. The SMILES string of the molecule is Cc1cc(C(=O)N(C)CCOCC2CC2)sc1C#CCO. The number of likely N-dealkylation sites (N-methyl/N-ethyl adjacent to an activating group) is 1. The van der Waals surface area contributed by atoms with Gasteiger partial charge in [0.1, 0.15) is 6.61 Å². The average molecular weight is 307 g/mol. The minimum absolute atomic E-state index is 0.00447. The number of ether oxygens (including phenoxy) is 1. The summed E-state index contributed by atoms with van der Waals surface area (Å²) in [6.07, 6.45) is 2.56. The molecule has 0 bridgehead atoms. The average Bonchev–Trinajstić information content (AvgIpc) is 3.23. The van der Waals surface area contributed by atoms with Gasteiger partial charge in [0.2, 0.25) is 0 Å². The molecular weight excluding hydrogens is 286 g/mol. The Balaban J connectivity index is 1.85. The summed E-state index contributed by atoms with van der Waals surface area (Å²) in [6, 6.07) is 1.86. The van der Waals surface area contributed by atoms with Crippen LogP contribution in [-0.4, -0.2) is 49.3 Å². The van der Waals surface area contributed by atoms with Gasteiger partial charge in [-0.1, -0.05) is 11.8 Å². The fourth-order valence-corrected chi connectivity index (χ4v) is 2.90. The molecule has 5 heteroatoms. The number of carbonyl (C=O) groups is 1. The molecule has 1 amide bonds. The Kier molecular flexibility index (Phi) is 5.80. The van der Waals surface area contributed by atoms with Crippen LogP contribution in [0.1, 0.15) is 33.0 Å². The third kappa shape index (κ3) is 4.85. The van der Waals surface area contributed by atoms with Crippen LogP contribution in [0.2, 0.25) is 0 Å². The van der Waals surface area contributed by atoms with E-state index in [-0.39, 0.29) is 12.5 Å². The van der Waals surface area contributed by atoms with E-state index in [2.05, 4.69) is 11.8 Å². The Morgan fingerprint density at radius 1 is 1.57 bits per heavy atom. The zero-order valence-electron chi connectivity index (χ0n) is 12.5. The lowest BCUT2D eigenvalue weighted by atomic mass is 10.2. The van der Waals surface area contributed by atoms with Crippen LogP contribution in [0.15, 0.2) is 6.07 Å². The Bertz CT molecular complexity index is 552. The highest BCUT2D eigenvalue weighted by molar-refractivity contribution is 7.14. The summed E-state index contributed by atoms with van der Waals surface area (Å²) in [5, 5.41) is 8.73. The summed E-state index contributed by atoms with van der Waals surface area (Å²) in [4.78, 5) is 15.5. The molecule has 1 fully saturated rings. The van der Waals surface area contributed by atoms with Crippen LogP contribution in [0.5, 0.6) is 0 Å². The van der Waals surface area contributed by atoms with E-state index in [1.807, 2.05) is 13.0 Å². The number of carbonyl (C=O) groups excluding carboxylic acids is 1. The molecule has 1 aromatic rings. The molecule has 0 aliphatic heterocycles. The van der Waals surface area contributed by atoms with Crippen LogP contribution in [-0.2, 0) is 4.74 Å². The van der Waals surface area contributed by atoms with Crippen molar-refractivity contribution in [2.24, 2.45) is 5.92 Å². The lowest BCUT2D eigenvalue weighted by Gasteiger charge is -2.16. The van der Waals surface area contributed by atoms with E-state index in [0.717, 1.165) is 23.0 Å². The number of aliphatic hydroxyl groups is 1. The number of nitrogens with zero attached hydrogens (tertiary/aromatic N) is 1. The first-order valence-electron chi connectivity index (χ1n) is 7.15. The van der Waals surface area contributed by atoms with Crippen LogP contribution in [0.4, 0.5) is 0 Å². The van der Waals surface area contributed by atoms with Crippen molar-refractivity contribution in [3.63, 3.8) is 0 Å². The highest BCUT2D eigenvalue weighted by atomic mass is 32.1. The van der Waals surface area contributed by atoms with Crippen LogP contribution in [0.25, 0.3) is 0 Å². The molecule has 114 valence electrons. The van der Waals surface area contributed by atoms with E-state index in [1.165, 1.54) is 24.2 Å². The first-order valence-corrected chi connectivity index (χ1v) is 7.97. The zero-order valence-corrected chi connectivity index (χ0v) is 13.3. The molecule has 1 N–H and O–H groups in total. The molecule has 0 atom stereocenters. The normalized spacial score (nSPS) is 13.7. The van der Waals surface area contributed by atoms with Crippen molar-refractivity contribution in [2.45, 2.75) is 19.8 Å². The molecule has 4 nitrogen and oxygen atoms in total. The predicted octanol–water partition coefficient (Wildman–Crippen LogP) is 1.90. The van der Waals surface area contributed by atoms with E-state index in [9.17, 15) is 4.79 Å². The number of thiophene rings is 1. The summed E-state index contributed by atoms with van der Waals surface area (Å²) in [5.41, 5.74) is 0.975. The maximum absolute atomic E-state index is 12.3. The van der Waals surface area contributed by atoms with Crippen molar-refractivity contribution < 1.29 is 14.6 Å². The summed E-state index contributed by atoms with van der Waals surface area (Å²) in [7, 11) is 1.79. The summed E-state index contributed by atoms with van der Waals surface area (Å²) < 4.78 is 5.56. The molecule has 1 aliphatic carbocycles. The van der Waals surface area contributed by atoms with E-state index in [0.29, 0.717) is 18.0 Å². The molecule has 0 aromatic carbocycles. The molecule has 1 aromatic heterocycles. The van der Waals surface area contributed by atoms with Gasteiger partial charge in [-0.05, 0) is 37.3 Å². The minimum Gasteiger partial charge on any atom is -0.384 e. The van der Waals surface area contributed by atoms with Gasteiger partial charge in [-0.3, -0.25) is 4.79 Å². The van der Waals surface area contributed by atoms with Crippen molar-refractivity contribution >= 4 is 17.2 Å². The fourth-order valence-electron chi connectivity index (χ4n) is 1.86. The Labute approximate surface area is 129 Å². The lowest BCUT2D eigenvalue weighted by Crippen LogP contribution is -2.29. The second-order valence-corrected chi connectivity index (χ2v) is 6.38. The van der Waals surface area contributed by atoms with Crippen LogP contribution >= 0.6 is 11.3 Å². The summed E-state index contributed by atoms with van der Waals surface area (Å²) in [6.45, 7) is 3.76. The van der Waals surface area contributed by atoms with Crippen LogP contribution in [0, 0.1) is 24.7 Å². The van der Waals surface area contributed by atoms with Gasteiger partial charge in [-0.2, -0.15) is 0 Å². The van der Waals surface area contributed by atoms with E-state index >= 15 is 0 Å². The first-order chi connectivity index (χ1) is 10.1. The number of hydrogen-bond donors (Lipinski definition) is 1. The van der Waals surface area contributed by atoms with E-state index in [4.69, 9.17) is 9.84 Å². The molecular formula is C16H21NO3S. The number of aliphatic hydroxyl groups excluding tert-OH is 1. The van der Waals surface area contributed by atoms with Gasteiger partial charge < -0.3 is 14.7 Å². The molecule has 0 spiro atoms. The molecule has 1 saturated carbocycles. The van der Waals surface area contributed by atoms with Gasteiger partial charge in [0.25, 0.3) is 5.91 Å².